The number of nitrogens with two attached hydrogens (primary N) is 1. The molecule has 1 aliphatic carbocycles. The molecule has 0 saturated heterocycles. The van der Waals surface area contributed by atoms with Gasteiger partial charge in [-0.2, -0.15) is 0 Å². The van der Waals surface area contributed by atoms with Crippen molar-refractivity contribution in [1.82, 2.24) is 10.2 Å². The van der Waals surface area contributed by atoms with Gasteiger partial charge < -0.3 is 16.0 Å². The van der Waals surface area contributed by atoms with E-state index >= 15 is 0 Å². The van der Waals surface area contributed by atoms with Crippen LogP contribution in [0.25, 0.3) is 0 Å². The Labute approximate surface area is 98.6 Å². The van der Waals surface area contributed by atoms with Crippen LogP contribution in [0.15, 0.2) is 0 Å². The van der Waals surface area contributed by atoms with Gasteiger partial charge in [-0.25, -0.2) is 0 Å². The maximum atomic E-state index is 11.4. The highest BCUT2D eigenvalue weighted by atomic mass is 16.1. The summed E-state index contributed by atoms with van der Waals surface area (Å²) in [6, 6.07) is 0.896. The molecule has 3 N–H and O–H groups in total. The lowest BCUT2D eigenvalue weighted by atomic mass is 9.90. The van der Waals surface area contributed by atoms with Crippen molar-refractivity contribution in [1.29, 1.82) is 0 Å². The Morgan fingerprint density at radius 1 is 1.56 bits per heavy atom. The zero-order valence-electron chi connectivity index (χ0n) is 10.7. The molecular weight excluding hydrogens is 202 g/mol. The van der Waals surface area contributed by atoms with Gasteiger partial charge in [-0.1, -0.05) is 13.3 Å². The van der Waals surface area contributed by atoms with Gasteiger partial charge in [-0.05, 0) is 26.3 Å². The Kier molecular flexibility index (Phi) is 5.22. The normalized spacial score (nSPS) is 27.8. The van der Waals surface area contributed by atoms with E-state index in [2.05, 4.69) is 17.3 Å². The van der Waals surface area contributed by atoms with Gasteiger partial charge in [0.2, 0.25) is 5.91 Å². The molecule has 0 aromatic carbocycles. The SMILES string of the molecule is CNC(=O)C(C)CN(C)C1CCCC(N)C1. The fraction of sp³-hybridized carbons (Fsp3) is 0.917. The standard InChI is InChI=1S/C12H25N3O/c1-9(12(16)14-2)8-15(3)11-6-4-5-10(13)7-11/h9-11H,4-8,13H2,1-3H3,(H,14,16). The van der Waals surface area contributed by atoms with Gasteiger partial charge in [0.25, 0.3) is 0 Å². The maximum absolute atomic E-state index is 11.4. The van der Waals surface area contributed by atoms with Crippen LogP contribution in [0.3, 0.4) is 0 Å². The van der Waals surface area contributed by atoms with E-state index < -0.39 is 0 Å². The molecule has 1 amide bonds. The van der Waals surface area contributed by atoms with Gasteiger partial charge in [-0.15, -0.1) is 0 Å². The number of rotatable bonds is 4. The minimum atomic E-state index is 0.0492. The highest BCUT2D eigenvalue weighted by Crippen LogP contribution is 2.21. The molecule has 1 rings (SSSR count). The second kappa shape index (κ2) is 6.21. The minimum Gasteiger partial charge on any atom is -0.359 e. The van der Waals surface area contributed by atoms with Crippen LogP contribution in [-0.2, 0) is 4.79 Å². The van der Waals surface area contributed by atoms with Crippen molar-refractivity contribution in [3.63, 3.8) is 0 Å². The summed E-state index contributed by atoms with van der Waals surface area (Å²) in [6.07, 6.45) is 4.64. The quantitative estimate of drug-likeness (QED) is 0.738. The molecule has 4 heteroatoms. The summed E-state index contributed by atoms with van der Waals surface area (Å²) in [4.78, 5) is 13.7. The van der Waals surface area contributed by atoms with Crippen LogP contribution in [0.1, 0.15) is 32.6 Å². The third kappa shape index (κ3) is 3.76. The highest BCUT2D eigenvalue weighted by molar-refractivity contribution is 5.78. The molecule has 4 nitrogen and oxygen atoms in total. The van der Waals surface area contributed by atoms with Crippen molar-refractivity contribution < 1.29 is 4.79 Å². The Morgan fingerprint density at radius 2 is 2.25 bits per heavy atom. The average molecular weight is 227 g/mol. The Morgan fingerprint density at radius 3 is 2.81 bits per heavy atom. The van der Waals surface area contributed by atoms with Gasteiger partial charge in [0.15, 0.2) is 0 Å². The molecule has 1 aliphatic rings. The largest absolute Gasteiger partial charge is 0.359 e. The van der Waals surface area contributed by atoms with Gasteiger partial charge in [0, 0.05) is 31.6 Å². The van der Waals surface area contributed by atoms with E-state index in [0.717, 1.165) is 19.4 Å². The number of carbonyl (C=O) groups excluding carboxylic acids is 1. The number of hydrogen-bond acceptors (Lipinski definition) is 3. The van der Waals surface area contributed by atoms with Crippen LogP contribution in [0, 0.1) is 5.92 Å². The van der Waals surface area contributed by atoms with E-state index in [9.17, 15) is 4.79 Å². The zero-order valence-corrected chi connectivity index (χ0v) is 10.7. The first-order valence-electron chi connectivity index (χ1n) is 6.22. The highest BCUT2D eigenvalue weighted by Gasteiger charge is 2.24. The molecule has 0 radical (unpaired) electrons. The van der Waals surface area contributed by atoms with Gasteiger partial charge in [-0.3, -0.25) is 4.79 Å². The molecular formula is C12H25N3O. The first-order valence-corrected chi connectivity index (χ1v) is 6.22. The molecule has 16 heavy (non-hydrogen) atoms. The summed E-state index contributed by atoms with van der Waals surface area (Å²) in [6.45, 7) is 2.79. The predicted molar refractivity (Wildman–Crippen MR) is 66.1 cm³/mol. The Bertz CT molecular complexity index is 232. The van der Waals surface area contributed by atoms with Crippen LogP contribution in [0.4, 0.5) is 0 Å². The second-order valence-corrected chi connectivity index (χ2v) is 5.04. The van der Waals surface area contributed by atoms with Crippen molar-refractivity contribution in [2.45, 2.75) is 44.7 Å². The van der Waals surface area contributed by atoms with E-state index in [4.69, 9.17) is 5.73 Å². The van der Waals surface area contributed by atoms with Gasteiger partial charge in [0.1, 0.15) is 0 Å². The lowest BCUT2D eigenvalue weighted by molar-refractivity contribution is -0.124. The van der Waals surface area contributed by atoms with Crippen molar-refractivity contribution in [3.8, 4) is 0 Å². The van der Waals surface area contributed by atoms with Crippen LogP contribution < -0.4 is 11.1 Å². The Balaban J connectivity index is 2.38. The molecule has 0 aromatic heterocycles. The summed E-state index contributed by atoms with van der Waals surface area (Å²) in [5.74, 6) is 0.167. The average Bonchev–Trinajstić information content (AvgIpc) is 2.27. The molecule has 0 aliphatic heterocycles. The van der Waals surface area contributed by atoms with Crippen molar-refractivity contribution in [2.75, 3.05) is 20.6 Å². The number of carbonyl (C=O) groups is 1. The monoisotopic (exact) mass is 227 g/mol. The maximum Gasteiger partial charge on any atom is 0.223 e. The molecule has 0 aromatic rings. The molecule has 3 unspecified atom stereocenters. The molecule has 0 spiro atoms. The topological polar surface area (TPSA) is 58.4 Å². The molecule has 3 atom stereocenters. The first-order chi connectivity index (χ1) is 7.54. The summed E-state index contributed by atoms with van der Waals surface area (Å²) in [5, 5.41) is 2.69. The van der Waals surface area contributed by atoms with Crippen molar-refractivity contribution in [3.05, 3.63) is 0 Å². The predicted octanol–water partition coefficient (Wildman–Crippen LogP) is 0.570. The summed E-state index contributed by atoms with van der Waals surface area (Å²) in [7, 11) is 3.79. The Hall–Kier alpha value is -0.610. The van der Waals surface area contributed by atoms with E-state index in [-0.39, 0.29) is 11.8 Å². The molecule has 94 valence electrons. The van der Waals surface area contributed by atoms with Crippen LogP contribution >= 0.6 is 0 Å². The van der Waals surface area contributed by atoms with E-state index in [1.807, 2.05) is 6.92 Å². The van der Waals surface area contributed by atoms with Crippen LogP contribution in [0.2, 0.25) is 0 Å². The molecule has 0 heterocycles. The zero-order chi connectivity index (χ0) is 12.1. The third-order valence-corrected chi connectivity index (χ3v) is 3.57. The first kappa shape index (κ1) is 13.5. The lowest BCUT2D eigenvalue weighted by Crippen LogP contribution is -2.44. The van der Waals surface area contributed by atoms with E-state index in [0.29, 0.717) is 12.1 Å². The number of nitrogens with zero attached hydrogens (tertiary/aromatic N) is 1. The van der Waals surface area contributed by atoms with E-state index in [1.54, 1.807) is 7.05 Å². The van der Waals surface area contributed by atoms with E-state index in [1.165, 1.54) is 12.8 Å². The van der Waals surface area contributed by atoms with Crippen molar-refractivity contribution >= 4 is 5.91 Å². The smallest absolute Gasteiger partial charge is 0.223 e. The summed E-state index contributed by atoms with van der Waals surface area (Å²) < 4.78 is 0. The third-order valence-electron chi connectivity index (χ3n) is 3.57. The second-order valence-electron chi connectivity index (χ2n) is 5.04. The number of nitrogens with one attached hydrogen (secondary N) is 1. The van der Waals surface area contributed by atoms with Crippen LogP contribution in [0.5, 0.6) is 0 Å². The lowest BCUT2D eigenvalue weighted by Gasteiger charge is -2.35. The van der Waals surface area contributed by atoms with Gasteiger partial charge in [0.05, 0.1) is 0 Å². The van der Waals surface area contributed by atoms with Crippen LogP contribution in [-0.4, -0.2) is 43.5 Å². The van der Waals surface area contributed by atoms with Crippen molar-refractivity contribution in [2.24, 2.45) is 11.7 Å². The fourth-order valence-corrected chi connectivity index (χ4v) is 2.51. The summed E-state index contributed by atoms with van der Waals surface area (Å²) in [5.41, 5.74) is 5.97. The van der Waals surface area contributed by atoms with Gasteiger partial charge >= 0.3 is 0 Å². The summed E-state index contributed by atoms with van der Waals surface area (Å²) >= 11 is 0. The number of amides is 1. The fourth-order valence-electron chi connectivity index (χ4n) is 2.51. The minimum absolute atomic E-state index is 0.0492. The number of hydrogen-bond donors (Lipinski definition) is 2. The molecule has 1 fully saturated rings. The molecule has 0 bridgehead atoms. The molecule has 1 saturated carbocycles.